The highest BCUT2D eigenvalue weighted by molar-refractivity contribution is 7.99. The Hall–Kier alpha value is -1.87. The zero-order chi connectivity index (χ0) is 17.6. The Labute approximate surface area is 154 Å². The highest BCUT2D eigenvalue weighted by Gasteiger charge is 2.22. The van der Waals surface area contributed by atoms with Crippen LogP contribution in [0, 0.1) is 0 Å². The second kappa shape index (κ2) is 8.48. The predicted octanol–water partition coefficient (Wildman–Crippen LogP) is 1.62. The first-order valence-corrected chi connectivity index (χ1v) is 10.2. The highest BCUT2D eigenvalue weighted by atomic mass is 32.2. The number of thiazole rings is 1. The number of hydrogen-bond donors (Lipinski definition) is 1. The fourth-order valence-electron chi connectivity index (χ4n) is 2.68. The molecule has 0 saturated carbocycles. The monoisotopic (exact) mass is 379 g/mol. The van der Waals surface area contributed by atoms with E-state index in [2.05, 4.69) is 19.9 Å². The van der Waals surface area contributed by atoms with Crippen molar-refractivity contribution >= 4 is 34.1 Å². The molecule has 0 spiro atoms. The Bertz CT molecular complexity index is 754. The van der Waals surface area contributed by atoms with Gasteiger partial charge in [0.25, 0.3) is 5.56 Å². The van der Waals surface area contributed by atoms with Gasteiger partial charge in [0.2, 0.25) is 5.91 Å². The summed E-state index contributed by atoms with van der Waals surface area (Å²) in [6, 6.07) is 1.52. The lowest BCUT2D eigenvalue weighted by Gasteiger charge is -2.34. The van der Waals surface area contributed by atoms with Crippen LogP contribution >= 0.6 is 23.1 Å². The summed E-state index contributed by atoms with van der Waals surface area (Å²) in [7, 11) is 0. The molecule has 1 amide bonds. The van der Waals surface area contributed by atoms with Gasteiger partial charge in [0.1, 0.15) is 0 Å². The van der Waals surface area contributed by atoms with E-state index in [-0.39, 0.29) is 17.2 Å². The van der Waals surface area contributed by atoms with Crippen molar-refractivity contribution in [2.45, 2.75) is 24.9 Å². The summed E-state index contributed by atoms with van der Waals surface area (Å²) in [5.41, 5.74) is 0.615. The Balaban J connectivity index is 1.51. The molecule has 3 heterocycles. The van der Waals surface area contributed by atoms with Gasteiger partial charge in [-0.2, -0.15) is 0 Å². The number of amides is 1. The van der Waals surface area contributed by atoms with Gasteiger partial charge in [-0.25, -0.2) is 9.97 Å². The number of carbonyl (C=O) groups excluding carboxylic acids is 1. The molecule has 0 atom stereocenters. The Morgan fingerprint density at radius 2 is 2.16 bits per heavy atom. The first-order chi connectivity index (χ1) is 12.2. The molecule has 1 N–H and O–H groups in total. The molecule has 0 unspecified atom stereocenters. The number of carbonyl (C=O) groups is 1. The minimum absolute atomic E-state index is 0.0762. The van der Waals surface area contributed by atoms with Crippen LogP contribution in [0.3, 0.4) is 0 Å². The van der Waals surface area contributed by atoms with Crippen LogP contribution in [0.5, 0.6) is 0 Å². The molecule has 1 saturated heterocycles. The number of H-pyrrole nitrogens is 1. The number of aromatic amines is 1. The van der Waals surface area contributed by atoms with Gasteiger partial charge in [0.15, 0.2) is 10.3 Å². The average molecular weight is 380 g/mol. The van der Waals surface area contributed by atoms with Crippen molar-refractivity contribution in [2.75, 3.05) is 36.8 Å². The molecule has 1 aliphatic rings. The number of thioether (sulfide) groups is 1. The molecule has 9 heteroatoms. The average Bonchev–Trinajstić information content (AvgIpc) is 3.14. The van der Waals surface area contributed by atoms with Crippen LogP contribution in [0.25, 0.3) is 0 Å². The molecule has 3 rings (SSSR count). The molecule has 1 aliphatic heterocycles. The normalized spacial score (nSPS) is 14.8. The maximum atomic E-state index is 12.4. The van der Waals surface area contributed by atoms with E-state index in [0.717, 1.165) is 36.8 Å². The lowest BCUT2D eigenvalue weighted by molar-refractivity contribution is -0.128. The topological polar surface area (TPSA) is 82.2 Å². The van der Waals surface area contributed by atoms with Crippen molar-refractivity contribution in [2.24, 2.45) is 0 Å². The van der Waals surface area contributed by atoms with E-state index in [9.17, 15) is 9.59 Å². The summed E-state index contributed by atoms with van der Waals surface area (Å²) < 4.78 is 0. The molecule has 0 bridgehead atoms. The summed E-state index contributed by atoms with van der Waals surface area (Å²) in [5.74, 6) is 0.364. The van der Waals surface area contributed by atoms with E-state index >= 15 is 0 Å². The number of aromatic nitrogens is 3. The summed E-state index contributed by atoms with van der Waals surface area (Å²) in [6.45, 7) is 5.03. The van der Waals surface area contributed by atoms with Gasteiger partial charge in [0, 0.05) is 49.5 Å². The second-order valence-electron chi connectivity index (χ2n) is 5.76. The maximum absolute atomic E-state index is 12.4. The largest absolute Gasteiger partial charge is 0.345 e. The van der Waals surface area contributed by atoms with Crippen molar-refractivity contribution in [3.63, 3.8) is 0 Å². The number of rotatable bonds is 6. The fraction of sp³-hybridized carbons (Fsp3) is 0.500. The maximum Gasteiger partial charge on any atom is 0.251 e. The predicted molar refractivity (Wildman–Crippen MR) is 100 cm³/mol. The minimum Gasteiger partial charge on any atom is -0.345 e. The third-order valence-corrected chi connectivity index (χ3v) is 5.62. The number of anilines is 1. The fourth-order valence-corrected chi connectivity index (χ4v) is 4.17. The molecule has 134 valence electrons. The SMILES string of the molecule is CCCc1cc(=O)[nH]c(SCC(=O)N2CCN(c3nccs3)CC2)n1. The number of nitrogens with zero attached hydrogens (tertiary/aromatic N) is 4. The summed E-state index contributed by atoms with van der Waals surface area (Å²) in [4.78, 5) is 39.6. The van der Waals surface area contributed by atoms with Crippen LogP contribution < -0.4 is 10.5 Å². The van der Waals surface area contributed by atoms with Gasteiger partial charge in [-0.05, 0) is 6.42 Å². The van der Waals surface area contributed by atoms with Crippen LogP contribution in [0.4, 0.5) is 5.13 Å². The molecule has 25 heavy (non-hydrogen) atoms. The van der Waals surface area contributed by atoms with Crippen LogP contribution in [0.15, 0.2) is 27.6 Å². The van der Waals surface area contributed by atoms with E-state index in [1.54, 1.807) is 17.5 Å². The smallest absolute Gasteiger partial charge is 0.251 e. The van der Waals surface area contributed by atoms with Gasteiger partial charge in [-0.3, -0.25) is 9.59 Å². The quantitative estimate of drug-likeness (QED) is 0.607. The number of hydrogen-bond acceptors (Lipinski definition) is 7. The molecule has 0 aromatic carbocycles. The number of piperazine rings is 1. The number of nitrogens with one attached hydrogen (secondary N) is 1. The molecule has 0 aliphatic carbocycles. The van der Waals surface area contributed by atoms with Crippen LogP contribution in [0.1, 0.15) is 19.0 Å². The third kappa shape index (κ3) is 4.82. The van der Waals surface area contributed by atoms with Crippen LogP contribution in [-0.4, -0.2) is 57.7 Å². The summed E-state index contributed by atoms with van der Waals surface area (Å²) >= 11 is 2.91. The molecule has 1 fully saturated rings. The van der Waals surface area contributed by atoms with E-state index in [0.29, 0.717) is 18.2 Å². The molecular weight excluding hydrogens is 358 g/mol. The van der Waals surface area contributed by atoms with Crippen LogP contribution in [-0.2, 0) is 11.2 Å². The molecular formula is C16H21N5O2S2. The van der Waals surface area contributed by atoms with Gasteiger partial charge >= 0.3 is 0 Å². The van der Waals surface area contributed by atoms with Crippen molar-refractivity contribution in [1.29, 1.82) is 0 Å². The number of aryl methyl sites for hydroxylation is 1. The van der Waals surface area contributed by atoms with Crippen LogP contribution in [0.2, 0.25) is 0 Å². The minimum atomic E-state index is -0.162. The van der Waals surface area contributed by atoms with E-state index in [1.807, 2.05) is 17.2 Å². The lowest BCUT2D eigenvalue weighted by atomic mass is 10.2. The molecule has 0 radical (unpaired) electrons. The van der Waals surface area contributed by atoms with Crippen molar-refractivity contribution in [3.8, 4) is 0 Å². The zero-order valence-corrected chi connectivity index (χ0v) is 15.7. The molecule has 7 nitrogen and oxygen atoms in total. The highest BCUT2D eigenvalue weighted by Crippen LogP contribution is 2.19. The molecule has 2 aromatic rings. The first-order valence-electron chi connectivity index (χ1n) is 8.31. The third-order valence-electron chi connectivity index (χ3n) is 3.93. The van der Waals surface area contributed by atoms with Gasteiger partial charge in [-0.1, -0.05) is 25.1 Å². The van der Waals surface area contributed by atoms with Crippen molar-refractivity contribution in [1.82, 2.24) is 19.9 Å². The van der Waals surface area contributed by atoms with Gasteiger partial charge in [-0.15, -0.1) is 11.3 Å². The van der Waals surface area contributed by atoms with Crippen molar-refractivity contribution in [3.05, 3.63) is 33.7 Å². The van der Waals surface area contributed by atoms with E-state index in [1.165, 1.54) is 17.8 Å². The lowest BCUT2D eigenvalue weighted by Crippen LogP contribution is -2.49. The standard InChI is InChI=1S/C16H21N5O2S2/c1-2-3-12-10-13(22)19-15(18-12)25-11-14(23)20-5-7-21(8-6-20)16-17-4-9-24-16/h4,9-10H,2-3,5-8,11H2,1H3,(H,18,19,22). The molecule has 2 aromatic heterocycles. The zero-order valence-electron chi connectivity index (χ0n) is 14.1. The van der Waals surface area contributed by atoms with Gasteiger partial charge < -0.3 is 14.8 Å². The second-order valence-corrected chi connectivity index (χ2v) is 7.60. The summed E-state index contributed by atoms with van der Waals surface area (Å²) in [5, 5.41) is 3.49. The van der Waals surface area contributed by atoms with E-state index in [4.69, 9.17) is 0 Å². The Morgan fingerprint density at radius 1 is 1.36 bits per heavy atom. The summed E-state index contributed by atoms with van der Waals surface area (Å²) in [6.07, 6.45) is 3.50. The Kier molecular flexibility index (Phi) is 6.09. The van der Waals surface area contributed by atoms with Gasteiger partial charge in [0.05, 0.1) is 5.75 Å². The van der Waals surface area contributed by atoms with E-state index < -0.39 is 0 Å². The first kappa shape index (κ1) is 17.9. The van der Waals surface area contributed by atoms with Crippen molar-refractivity contribution < 1.29 is 4.79 Å². The Morgan fingerprint density at radius 3 is 2.84 bits per heavy atom.